The van der Waals surface area contributed by atoms with Gasteiger partial charge in [-0.2, -0.15) is 0 Å². The summed E-state index contributed by atoms with van der Waals surface area (Å²) < 4.78 is 12.9. The van der Waals surface area contributed by atoms with Gasteiger partial charge in [-0.15, -0.1) is 0 Å². The predicted octanol–water partition coefficient (Wildman–Crippen LogP) is 2.49. The molecule has 22 heavy (non-hydrogen) atoms. The number of nitrogens with zero attached hydrogens (tertiary/aromatic N) is 2. The maximum absolute atomic E-state index is 12.9. The SMILES string of the molecule is CCN=C1SC(C(=O)Nc2ccc(F)cc2)CC(=O)N1CC. The molecule has 1 atom stereocenters. The molecule has 7 heteroatoms. The topological polar surface area (TPSA) is 61.8 Å². The van der Waals surface area contributed by atoms with Gasteiger partial charge in [0.25, 0.3) is 0 Å². The lowest BCUT2D eigenvalue weighted by Crippen LogP contribution is -2.45. The normalized spacial score (nSPS) is 20.3. The van der Waals surface area contributed by atoms with E-state index in [4.69, 9.17) is 0 Å². The van der Waals surface area contributed by atoms with Crippen LogP contribution in [0.1, 0.15) is 20.3 Å². The fourth-order valence-corrected chi connectivity index (χ4v) is 3.29. The van der Waals surface area contributed by atoms with Gasteiger partial charge in [0.05, 0.1) is 0 Å². The molecule has 1 saturated heterocycles. The lowest BCUT2D eigenvalue weighted by molar-refractivity contribution is -0.129. The largest absolute Gasteiger partial charge is 0.325 e. The average Bonchev–Trinajstić information content (AvgIpc) is 2.49. The van der Waals surface area contributed by atoms with Crippen molar-refractivity contribution in [2.45, 2.75) is 25.5 Å². The summed E-state index contributed by atoms with van der Waals surface area (Å²) in [6.07, 6.45) is 0.133. The highest BCUT2D eigenvalue weighted by molar-refractivity contribution is 8.15. The van der Waals surface area contributed by atoms with Crippen LogP contribution in [0, 0.1) is 5.82 Å². The van der Waals surface area contributed by atoms with Gasteiger partial charge in [0.2, 0.25) is 11.8 Å². The maximum Gasteiger partial charge on any atom is 0.238 e. The van der Waals surface area contributed by atoms with E-state index in [0.717, 1.165) is 0 Å². The van der Waals surface area contributed by atoms with Gasteiger partial charge in [0.1, 0.15) is 11.1 Å². The Morgan fingerprint density at radius 3 is 2.68 bits per heavy atom. The summed E-state index contributed by atoms with van der Waals surface area (Å²) in [5.74, 6) is -0.742. The second-order valence-electron chi connectivity index (χ2n) is 4.70. The number of carbonyl (C=O) groups is 2. The van der Waals surface area contributed by atoms with Crippen molar-refractivity contribution in [2.75, 3.05) is 18.4 Å². The molecule has 1 heterocycles. The summed E-state index contributed by atoms with van der Waals surface area (Å²) >= 11 is 1.29. The molecule has 1 unspecified atom stereocenters. The number of nitrogens with one attached hydrogen (secondary N) is 1. The van der Waals surface area contributed by atoms with Crippen molar-refractivity contribution in [3.05, 3.63) is 30.1 Å². The Balaban J connectivity index is 2.08. The summed E-state index contributed by atoms with van der Waals surface area (Å²) in [4.78, 5) is 30.3. The van der Waals surface area contributed by atoms with Crippen LogP contribution in [0.4, 0.5) is 10.1 Å². The number of rotatable bonds is 4. The van der Waals surface area contributed by atoms with Crippen molar-refractivity contribution in [1.82, 2.24) is 4.90 Å². The molecule has 0 bridgehead atoms. The van der Waals surface area contributed by atoms with Crippen LogP contribution in [0.3, 0.4) is 0 Å². The van der Waals surface area contributed by atoms with E-state index in [0.29, 0.717) is 23.9 Å². The van der Waals surface area contributed by atoms with Gasteiger partial charge in [-0.1, -0.05) is 11.8 Å². The van der Waals surface area contributed by atoms with E-state index >= 15 is 0 Å². The molecule has 0 aliphatic carbocycles. The molecule has 5 nitrogen and oxygen atoms in total. The van der Waals surface area contributed by atoms with Gasteiger partial charge in [-0.25, -0.2) is 4.39 Å². The number of thioether (sulfide) groups is 1. The fourth-order valence-electron chi connectivity index (χ4n) is 2.08. The van der Waals surface area contributed by atoms with Crippen molar-refractivity contribution in [3.63, 3.8) is 0 Å². The molecule has 0 saturated carbocycles. The summed E-state index contributed by atoms with van der Waals surface area (Å²) in [5.41, 5.74) is 0.506. The van der Waals surface area contributed by atoms with Gasteiger partial charge < -0.3 is 5.32 Å². The minimum atomic E-state index is -0.523. The van der Waals surface area contributed by atoms with Crippen LogP contribution in [0.15, 0.2) is 29.3 Å². The zero-order chi connectivity index (χ0) is 16.1. The first-order valence-electron chi connectivity index (χ1n) is 7.13. The van der Waals surface area contributed by atoms with E-state index < -0.39 is 5.25 Å². The fraction of sp³-hybridized carbons (Fsp3) is 0.400. The second kappa shape index (κ2) is 7.40. The Kier molecular flexibility index (Phi) is 5.54. The molecule has 2 rings (SSSR count). The minimum Gasteiger partial charge on any atom is -0.325 e. The monoisotopic (exact) mass is 323 g/mol. The molecular weight excluding hydrogens is 305 g/mol. The lowest BCUT2D eigenvalue weighted by atomic mass is 10.2. The third-order valence-corrected chi connectivity index (χ3v) is 4.38. The van der Waals surface area contributed by atoms with Crippen molar-refractivity contribution in [1.29, 1.82) is 0 Å². The Labute approximate surface area is 133 Å². The number of amidine groups is 1. The number of aliphatic imine (C=N–C) groups is 1. The van der Waals surface area contributed by atoms with E-state index in [1.165, 1.54) is 36.0 Å². The highest BCUT2D eigenvalue weighted by Gasteiger charge is 2.34. The highest BCUT2D eigenvalue weighted by Crippen LogP contribution is 2.27. The molecule has 0 aromatic heterocycles. The van der Waals surface area contributed by atoms with Gasteiger partial charge >= 0.3 is 0 Å². The Bertz CT molecular complexity index is 589. The quantitative estimate of drug-likeness (QED) is 0.926. The van der Waals surface area contributed by atoms with E-state index in [1.54, 1.807) is 4.90 Å². The number of halogens is 1. The van der Waals surface area contributed by atoms with Crippen LogP contribution in [0.5, 0.6) is 0 Å². The first-order chi connectivity index (χ1) is 10.5. The number of anilines is 1. The molecule has 1 aromatic carbocycles. The van der Waals surface area contributed by atoms with E-state index in [9.17, 15) is 14.0 Å². The first kappa shape index (κ1) is 16.5. The standard InChI is InChI=1S/C15H18FN3O2S/c1-3-17-15-19(4-2)13(20)9-12(22-15)14(21)18-11-7-5-10(16)6-8-11/h5-8,12H,3-4,9H2,1-2H3,(H,18,21). The summed E-state index contributed by atoms with van der Waals surface area (Å²) in [6, 6.07) is 5.53. The number of hydrogen-bond donors (Lipinski definition) is 1. The van der Waals surface area contributed by atoms with Gasteiger partial charge in [0, 0.05) is 25.2 Å². The zero-order valence-electron chi connectivity index (χ0n) is 12.5. The third kappa shape index (κ3) is 3.85. The molecule has 1 N–H and O–H groups in total. The van der Waals surface area contributed by atoms with Crippen LogP contribution in [-0.4, -0.2) is 40.2 Å². The minimum absolute atomic E-state index is 0.104. The van der Waals surface area contributed by atoms with E-state index in [-0.39, 0.29) is 24.1 Å². The van der Waals surface area contributed by atoms with Crippen LogP contribution in [0.2, 0.25) is 0 Å². The average molecular weight is 323 g/mol. The van der Waals surface area contributed by atoms with Gasteiger partial charge in [0.15, 0.2) is 5.17 Å². The molecule has 0 spiro atoms. The van der Waals surface area contributed by atoms with Crippen molar-refractivity contribution < 1.29 is 14.0 Å². The van der Waals surface area contributed by atoms with Crippen LogP contribution in [0.25, 0.3) is 0 Å². The molecule has 1 aromatic rings. The molecule has 1 aliphatic rings. The number of hydrogen-bond acceptors (Lipinski definition) is 4. The van der Waals surface area contributed by atoms with E-state index in [2.05, 4.69) is 10.3 Å². The smallest absolute Gasteiger partial charge is 0.238 e. The van der Waals surface area contributed by atoms with Crippen molar-refractivity contribution in [3.8, 4) is 0 Å². The predicted molar refractivity (Wildman–Crippen MR) is 86.4 cm³/mol. The molecular formula is C15H18FN3O2S. The molecule has 2 amide bonds. The molecule has 1 aliphatic heterocycles. The molecule has 1 fully saturated rings. The Hall–Kier alpha value is -1.89. The number of amides is 2. The zero-order valence-corrected chi connectivity index (χ0v) is 13.3. The van der Waals surface area contributed by atoms with Crippen molar-refractivity contribution >= 4 is 34.4 Å². The second-order valence-corrected chi connectivity index (χ2v) is 5.87. The summed E-state index contributed by atoms with van der Waals surface area (Å²) in [5, 5.41) is 2.76. The van der Waals surface area contributed by atoms with Crippen molar-refractivity contribution in [2.24, 2.45) is 4.99 Å². The van der Waals surface area contributed by atoms with Crippen LogP contribution >= 0.6 is 11.8 Å². The number of carbonyl (C=O) groups excluding carboxylic acids is 2. The Morgan fingerprint density at radius 2 is 2.09 bits per heavy atom. The van der Waals surface area contributed by atoms with E-state index in [1.807, 2.05) is 13.8 Å². The first-order valence-corrected chi connectivity index (χ1v) is 8.01. The van der Waals surface area contributed by atoms with Crippen LogP contribution in [-0.2, 0) is 9.59 Å². The lowest BCUT2D eigenvalue weighted by Gasteiger charge is -2.30. The van der Waals surface area contributed by atoms with Gasteiger partial charge in [-0.3, -0.25) is 19.5 Å². The molecule has 118 valence electrons. The van der Waals surface area contributed by atoms with Gasteiger partial charge in [-0.05, 0) is 38.1 Å². The highest BCUT2D eigenvalue weighted by atomic mass is 32.2. The summed E-state index contributed by atoms with van der Waals surface area (Å²) in [7, 11) is 0. The maximum atomic E-state index is 12.9. The van der Waals surface area contributed by atoms with Crippen LogP contribution < -0.4 is 5.32 Å². The molecule has 0 radical (unpaired) electrons. The number of benzene rings is 1. The summed E-state index contributed by atoms with van der Waals surface area (Å²) in [6.45, 7) is 4.85. The third-order valence-electron chi connectivity index (χ3n) is 3.15. The Morgan fingerprint density at radius 1 is 1.41 bits per heavy atom.